The Morgan fingerprint density at radius 1 is 1.18 bits per heavy atom. The summed E-state index contributed by atoms with van der Waals surface area (Å²) < 4.78 is 0. The molecule has 0 unspecified atom stereocenters. The highest BCUT2D eigenvalue weighted by atomic mass is 15.1. The van der Waals surface area contributed by atoms with Gasteiger partial charge in [-0.2, -0.15) is 0 Å². The molecule has 0 fully saturated rings. The van der Waals surface area contributed by atoms with E-state index in [9.17, 15) is 0 Å². The lowest BCUT2D eigenvalue weighted by atomic mass is 10.2. The Morgan fingerprint density at radius 2 is 1.64 bits per heavy atom. The number of rotatable bonds is 4. The molecule has 0 heterocycles. The molecule has 0 aliphatic carbocycles. The molecule has 0 aromatic carbocycles. The summed E-state index contributed by atoms with van der Waals surface area (Å²) in [6.07, 6.45) is 2.53. The first-order valence-corrected chi connectivity index (χ1v) is 4.92. The number of hydrogen-bond donors (Lipinski definition) is 0. The summed E-state index contributed by atoms with van der Waals surface area (Å²) in [5.74, 6) is 0. The number of hydrogen-bond acceptors (Lipinski definition) is 1. The minimum Gasteiger partial charge on any atom is -0.304 e. The van der Waals surface area contributed by atoms with Crippen LogP contribution in [0.15, 0.2) is 0 Å². The lowest BCUT2D eigenvalue weighted by molar-refractivity contribution is 0.252. The molecule has 0 bridgehead atoms. The van der Waals surface area contributed by atoms with Crippen LogP contribution in [0.3, 0.4) is 0 Å². The molecule has 0 N–H and O–H groups in total. The second kappa shape index (κ2) is 9.96. The zero-order valence-electron chi connectivity index (χ0n) is 9.15. The Hall–Kier alpha value is -0.0400. The van der Waals surface area contributed by atoms with Crippen LogP contribution in [0.2, 0.25) is 0 Å². The molecule has 70 valence electrons. The van der Waals surface area contributed by atoms with E-state index in [1.165, 1.54) is 19.4 Å². The van der Waals surface area contributed by atoms with E-state index in [1.54, 1.807) is 0 Å². The maximum Gasteiger partial charge on any atom is 0.00612 e. The van der Waals surface area contributed by atoms with Crippen LogP contribution >= 0.6 is 0 Å². The van der Waals surface area contributed by atoms with Crippen LogP contribution in [0.5, 0.6) is 0 Å². The van der Waals surface area contributed by atoms with Gasteiger partial charge in [-0.1, -0.05) is 27.7 Å². The van der Waals surface area contributed by atoms with Gasteiger partial charge < -0.3 is 4.90 Å². The van der Waals surface area contributed by atoms with Gasteiger partial charge in [0.2, 0.25) is 0 Å². The summed E-state index contributed by atoms with van der Waals surface area (Å²) in [6.45, 7) is 12.0. The first-order valence-electron chi connectivity index (χ1n) is 4.92. The van der Waals surface area contributed by atoms with Crippen LogP contribution in [-0.2, 0) is 0 Å². The molecule has 0 radical (unpaired) electrons. The predicted octanol–water partition coefficient (Wildman–Crippen LogP) is 3.15. The Labute approximate surface area is 72.8 Å². The minimum absolute atomic E-state index is 0.755. The molecule has 0 aliphatic rings. The largest absolute Gasteiger partial charge is 0.304 e. The second-order valence-electron chi connectivity index (χ2n) is 2.74. The highest BCUT2D eigenvalue weighted by Crippen LogP contribution is 1.99. The molecule has 0 aromatic heterocycles. The van der Waals surface area contributed by atoms with Crippen LogP contribution in [0, 0.1) is 0 Å². The predicted molar refractivity (Wildman–Crippen MR) is 54.0 cm³/mol. The number of nitrogens with zero attached hydrogens (tertiary/aromatic N) is 1. The fraction of sp³-hybridized carbons (Fsp3) is 1.00. The Balaban J connectivity index is 0. The summed E-state index contributed by atoms with van der Waals surface area (Å²) in [4.78, 5) is 2.40. The lowest BCUT2D eigenvalue weighted by Crippen LogP contribution is -2.28. The van der Waals surface area contributed by atoms with Gasteiger partial charge in [0, 0.05) is 6.04 Å². The molecule has 0 amide bonds. The van der Waals surface area contributed by atoms with E-state index < -0.39 is 0 Å². The fourth-order valence-corrected chi connectivity index (χ4v) is 0.885. The zero-order valence-corrected chi connectivity index (χ0v) is 9.15. The van der Waals surface area contributed by atoms with E-state index in [0.717, 1.165) is 6.04 Å². The summed E-state index contributed by atoms with van der Waals surface area (Å²) in [7, 11) is 2.19. The molecule has 1 atom stereocenters. The maximum absolute atomic E-state index is 2.40. The third kappa shape index (κ3) is 7.86. The third-order valence-electron chi connectivity index (χ3n) is 1.92. The molecular weight excluding hydrogens is 134 g/mol. The molecule has 1 nitrogen and oxygen atoms in total. The van der Waals surface area contributed by atoms with Crippen molar-refractivity contribution < 1.29 is 0 Å². The van der Waals surface area contributed by atoms with Crippen molar-refractivity contribution in [2.45, 2.75) is 53.5 Å². The van der Waals surface area contributed by atoms with Crippen molar-refractivity contribution in [1.82, 2.24) is 4.90 Å². The van der Waals surface area contributed by atoms with Crippen molar-refractivity contribution in [3.8, 4) is 0 Å². The van der Waals surface area contributed by atoms with Crippen molar-refractivity contribution in [3.05, 3.63) is 0 Å². The average molecular weight is 159 g/mol. The van der Waals surface area contributed by atoms with Crippen LogP contribution in [-0.4, -0.2) is 24.5 Å². The highest BCUT2D eigenvalue weighted by Gasteiger charge is 2.02. The Morgan fingerprint density at radius 3 is 1.91 bits per heavy atom. The standard InChI is InChI=1S/C8H19N.C2H6/c1-5-7-9(4)8(3)6-2;1-2/h8H,5-7H2,1-4H3;1-2H3/t8-;/m0./s1. The van der Waals surface area contributed by atoms with E-state index in [0.29, 0.717) is 0 Å². The lowest BCUT2D eigenvalue weighted by Gasteiger charge is -2.22. The summed E-state index contributed by atoms with van der Waals surface area (Å²) in [5, 5.41) is 0. The van der Waals surface area contributed by atoms with Crippen LogP contribution in [0.25, 0.3) is 0 Å². The second-order valence-corrected chi connectivity index (χ2v) is 2.74. The molecule has 0 spiro atoms. The molecule has 0 rings (SSSR count). The van der Waals surface area contributed by atoms with Crippen LogP contribution < -0.4 is 0 Å². The molecule has 0 saturated heterocycles. The minimum atomic E-state index is 0.755. The van der Waals surface area contributed by atoms with Gasteiger partial charge in [0.1, 0.15) is 0 Å². The van der Waals surface area contributed by atoms with E-state index in [2.05, 4.69) is 32.7 Å². The van der Waals surface area contributed by atoms with E-state index in [1.807, 2.05) is 13.8 Å². The van der Waals surface area contributed by atoms with Gasteiger partial charge in [-0.25, -0.2) is 0 Å². The van der Waals surface area contributed by atoms with Crippen molar-refractivity contribution >= 4 is 0 Å². The molecule has 1 heteroatoms. The monoisotopic (exact) mass is 159 g/mol. The van der Waals surface area contributed by atoms with E-state index in [4.69, 9.17) is 0 Å². The topological polar surface area (TPSA) is 3.24 Å². The van der Waals surface area contributed by atoms with Gasteiger partial charge in [-0.3, -0.25) is 0 Å². The van der Waals surface area contributed by atoms with Gasteiger partial charge in [-0.05, 0) is 33.4 Å². The van der Waals surface area contributed by atoms with E-state index >= 15 is 0 Å². The van der Waals surface area contributed by atoms with Crippen molar-refractivity contribution in [2.75, 3.05) is 13.6 Å². The molecule has 0 aromatic rings. The fourth-order valence-electron chi connectivity index (χ4n) is 0.885. The third-order valence-corrected chi connectivity index (χ3v) is 1.92. The smallest absolute Gasteiger partial charge is 0.00612 e. The summed E-state index contributed by atoms with van der Waals surface area (Å²) in [6, 6.07) is 0.755. The first kappa shape index (κ1) is 13.5. The normalized spacial score (nSPS) is 12.3. The van der Waals surface area contributed by atoms with Crippen molar-refractivity contribution in [1.29, 1.82) is 0 Å². The van der Waals surface area contributed by atoms with Crippen molar-refractivity contribution in [3.63, 3.8) is 0 Å². The van der Waals surface area contributed by atoms with Crippen LogP contribution in [0.4, 0.5) is 0 Å². The van der Waals surface area contributed by atoms with Gasteiger partial charge in [0.05, 0.1) is 0 Å². The molecule has 0 aliphatic heterocycles. The maximum atomic E-state index is 2.40. The van der Waals surface area contributed by atoms with E-state index in [-0.39, 0.29) is 0 Å². The Kier molecular flexibility index (Phi) is 12.3. The van der Waals surface area contributed by atoms with Crippen LogP contribution in [0.1, 0.15) is 47.5 Å². The first-order chi connectivity index (χ1) is 5.22. The SMILES string of the molecule is CC.CCCN(C)[C@@H](C)CC. The van der Waals surface area contributed by atoms with Gasteiger partial charge in [-0.15, -0.1) is 0 Å². The molecular formula is C10H25N. The molecule has 0 saturated carbocycles. The van der Waals surface area contributed by atoms with Crippen molar-refractivity contribution in [2.24, 2.45) is 0 Å². The average Bonchev–Trinajstić information content (AvgIpc) is 2.07. The Bertz CT molecular complexity index is 61.9. The van der Waals surface area contributed by atoms with Gasteiger partial charge in [0.15, 0.2) is 0 Å². The highest BCUT2D eigenvalue weighted by molar-refractivity contribution is 4.58. The zero-order chi connectivity index (χ0) is 9.28. The van der Waals surface area contributed by atoms with Gasteiger partial charge >= 0.3 is 0 Å². The summed E-state index contributed by atoms with van der Waals surface area (Å²) >= 11 is 0. The summed E-state index contributed by atoms with van der Waals surface area (Å²) in [5.41, 5.74) is 0. The quantitative estimate of drug-likeness (QED) is 0.609. The van der Waals surface area contributed by atoms with Gasteiger partial charge in [0.25, 0.3) is 0 Å². The molecule has 11 heavy (non-hydrogen) atoms.